The van der Waals surface area contributed by atoms with E-state index in [0.717, 1.165) is 19.5 Å². The average molecular weight is 322 g/mol. The lowest BCUT2D eigenvalue weighted by Gasteiger charge is -2.57. The van der Waals surface area contributed by atoms with Crippen molar-refractivity contribution in [1.29, 1.82) is 0 Å². The smallest absolute Gasteiger partial charge is 0.324 e. The van der Waals surface area contributed by atoms with Gasteiger partial charge < -0.3 is 10.5 Å². The molecule has 2 saturated carbocycles. The van der Waals surface area contributed by atoms with Crippen molar-refractivity contribution >= 4 is 5.97 Å². The van der Waals surface area contributed by atoms with Crippen LogP contribution in [0.5, 0.6) is 0 Å². The van der Waals surface area contributed by atoms with Crippen LogP contribution in [-0.4, -0.2) is 42.1 Å². The topological polar surface area (TPSA) is 55.6 Å². The minimum atomic E-state index is -0.532. The molecule has 2 bridgehead atoms. The number of fused-ring (bicyclic) bond motifs is 2. The second-order valence-corrected chi connectivity index (χ2v) is 8.70. The van der Waals surface area contributed by atoms with E-state index in [0.29, 0.717) is 12.5 Å². The third kappa shape index (κ3) is 2.13. The molecule has 0 amide bonds. The van der Waals surface area contributed by atoms with Gasteiger partial charge in [-0.1, -0.05) is 27.2 Å². The fourth-order valence-electron chi connectivity index (χ4n) is 6.19. The van der Waals surface area contributed by atoms with E-state index in [1.807, 2.05) is 6.92 Å². The van der Waals surface area contributed by atoms with Gasteiger partial charge in [-0.25, -0.2) is 0 Å². The van der Waals surface area contributed by atoms with Crippen LogP contribution in [0.3, 0.4) is 0 Å². The third-order valence-electron chi connectivity index (χ3n) is 7.92. The predicted octanol–water partition coefficient (Wildman–Crippen LogP) is 2.95. The highest BCUT2D eigenvalue weighted by Crippen LogP contribution is 2.72. The van der Waals surface area contributed by atoms with Gasteiger partial charge in [0, 0.05) is 0 Å². The largest absolute Gasteiger partial charge is 0.465 e. The van der Waals surface area contributed by atoms with Crippen LogP contribution in [0.15, 0.2) is 0 Å². The summed E-state index contributed by atoms with van der Waals surface area (Å²) in [6.45, 7) is 11.6. The van der Waals surface area contributed by atoms with E-state index in [1.165, 1.54) is 32.1 Å². The van der Waals surface area contributed by atoms with E-state index in [4.69, 9.17) is 10.5 Å². The van der Waals surface area contributed by atoms with E-state index < -0.39 is 6.04 Å². The molecule has 1 aliphatic heterocycles. The Labute approximate surface area is 141 Å². The van der Waals surface area contributed by atoms with Crippen molar-refractivity contribution in [2.24, 2.45) is 22.5 Å². The summed E-state index contributed by atoms with van der Waals surface area (Å²) < 4.78 is 5.36. The number of carbonyl (C=O) groups excluding carboxylic acids is 1. The lowest BCUT2D eigenvalue weighted by Crippen LogP contribution is -2.70. The minimum Gasteiger partial charge on any atom is -0.465 e. The number of rotatable bonds is 4. The number of ether oxygens (including phenoxy) is 1. The Kier molecular flexibility index (Phi) is 4.29. The van der Waals surface area contributed by atoms with Crippen LogP contribution in [0, 0.1) is 16.7 Å². The standard InChI is InChI=1S/C19H34N2O2/c1-5-23-16(22)15(20)19(21-11-7-6-8-12-21)13-14-9-10-18(19,4)17(14,2)3/h14-15H,5-13,20H2,1-4H3/t14-,15+,18+,19+/m0/s1. The summed E-state index contributed by atoms with van der Waals surface area (Å²) in [5.41, 5.74) is 6.73. The Morgan fingerprint density at radius 2 is 1.91 bits per heavy atom. The van der Waals surface area contributed by atoms with Gasteiger partial charge in [-0.3, -0.25) is 9.69 Å². The zero-order valence-electron chi connectivity index (χ0n) is 15.4. The lowest BCUT2D eigenvalue weighted by molar-refractivity contribution is -0.156. The molecule has 0 radical (unpaired) electrons. The predicted molar refractivity (Wildman–Crippen MR) is 92.0 cm³/mol. The first-order valence-corrected chi connectivity index (χ1v) is 9.48. The number of nitrogens with two attached hydrogens (primary N) is 1. The molecule has 132 valence electrons. The molecule has 0 unspecified atom stereocenters. The first-order valence-electron chi connectivity index (χ1n) is 9.48. The van der Waals surface area contributed by atoms with Gasteiger partial charge in [-0.2, -0.15) is 0 Å². The summed E-state index contributed by atoms with van der Waals surface area (Å²) in [6.07, 6.45) is 7.24. The van der Waals surface area contributed by atoms with Crippen LogP contribution < -0.4 is 5.73 Å². The van der Waals surface area contributed by atoms with E-state index in [9.17, 15) is 4.79 Å². The summed E-state index contributed by atoms with van der Waals surface area (Å²) in [4.78, 5) is 15.2. The highest BCUT2D eigenvalue weighted by Gasteiger charge is 2.73. The molecular weight excluding hydrogens is 288 g/mol. The minimum absolute atomic E-state index is 0.0776. The number of piperidine rings is 1. The molecule has 2 aliphatic carbocycles. The quantitative estimate of drug-likeness (QED) is 0.809. The molecule has 0 spiro atoms. The molecule has 4 atom stereocenters. The fraction of sp³-hybridized carbons (Fsp3) is 0.947. The molecule has 2 N–H and O–H groups in total. The molecule has 0 aromatic heterocycles. The summed E-state index contributed by atoms with van der Waals surface area (Å²) in [5.74, 6) is 0.456. The molecule has 1 saturated heterocycles. The van der Waals surface area contributed by atoms with Gasteiger partial charge in [-0.05, 0) is 68.9 Å². The molecule has 4 heteroatoms. The normalized spacial score (nSPS) is 41.0. The molecule has 3 fully saturated rings. The van der Waals surface area contributed by atoms with E-state index in [1.54, 1.807) is 0 Å². The van der Waals surface area contributed by atoms with E-state index in [2.05, 4.69) is 25.7 Å². The SMILES string of the molecule is CCOC(=O)[C@@H](N)[C@]1(N2CCCCC2)C[C@@H]2CC[C@]1(C)C2(C)C. The summed E-state index contributed by atoms with van der Waals surface area (Å²) in [6, 6.07) is -0.532. The van der Waals surface area contributed by atoms with Crippen molar-refractivity contribution in [3.63, 3.8) is 0 Å². The zero-order valence-corrected chi connectivity index (χ0v) is 15.4. The number of carbonyl (C=O) groups is 1. The Morgan fingerprint density at radius 1 is 1.26 bits per heavy atom. The monoisotopic (exact) mass is 322 g/mol. The molecule has 3 rings (SSSR count). The van der Waals surface area contributed by atoms with Gasteiger partial charge in [0.15, 0.2) is 0 Å². The number of hydrogen-bond donors (Lipinski definition) is 1. The first kappa shape index (κ1) is 17.2. The summed E-state index contributed by atoms with van der Waals surface area (Å²) >= 11 is 0. The number of hydrogen-bond acceptors (Lipinski definition) is 4. The van der Waals surface area contributed by atoms with Crippen molar-refractivity contribution in [2.75, 3.05) is 19.7 Å². The molecular formula is C19H34N2O2. The van der Waals surface area contributed by atoms with Crippen LogP contribution in [0.1, 0.15) is 66.2 Å². The van der Waals surface area contributed by atoms with Crippen LogP contribution in [0.2, 0.25) is 0 Å². The highest BCUT2D eigenvalue weighted by atomic mass is 16.5. The maximum absolute atomic E-state index is 12.6. The molecule has 1 heterocycles. The first-order chi connectivity index (χ1) is 10.8. The van der Waals surface area contributed by atoms with Gasteiger partial charge in [0.25, 0.3) is 0 Å². The van der Waals surface area contributed by atoms with Gasteiger partial charge in [-0.15, -0.1) is 0 Å². The third-order valence-corrected chi connectivity index (χ3v) is 7.92. The maximum Gasteiger partial charge on any atom is 0.324 e. The van der Waals surface area contributed by atoms with E-state index >= 15 is 0 Å². The second-order valence-electron chi connectivity index (χ2n) is 8.70. The molecule has 23 heavy (non-hydrogen) atoms. The fourth-order valence-corrected chi connectivity index (χ4v) is 6.19. The van der Waals surface area contributed by atoms with Crippen molar-refractivity contribution < 1.29 is 9.53 Å². The molecule has 3 aliphatic rings. The number of esters is 1. The Bertz CT molecular complexity index is 472. The van der Waals surface area contributed by atoms with Crippen molar-refractivity contribution in [2.45, 2.75) is 77.8 Å². The Balaban J connectivity index is 2.03. The molecule has 0 aromatic rings. The van der Waals surface area contributed by atoms with Gasteiger partial charge >= 0.3 is 5.97 Å². The average Bonchev–Trinajstić information content (AvgIpc) is 2.87. The van der Waals surface area contributed by atoms with Gasteiger partial charge in [0.1, 0.15) is 6.04 Å². The highest BCUT2D eigenvalue weighted by molar-refractivity contribution is 5.78. The van der Waals surface area contributed by atoms with Crippen LogP contribution in [0.4, 0.5) is 0 Å². The maximum atomic E-state index is 12.6. The van der Waals surface area contributed by atoms with Crippen LogP contribution in [-0.2, 0) is 9.53 Å². The summed E-state index contributed by atoms with van der Waals surface area (Å²) in [7, 11) is 0. The Hall–Kier alpha value is -0.610. The van der Waals surface area contributed by atoms with Crippen LogP contribution in [0.25, 0.3) is 0 Å². The van der Waals surface area contributed by atoms with Gasteiger partial charge in [0.05, 0.1) is 12.1 Å². The zero-order chi connectivity index (χ0) is 16.9. The summed E-state index contributed by atoms with van der Waals surface area (Å²) in [5, 5.41) is 0. The lowest BCUT2D eigenvalue weighted by atomic mass is 9.59. The van der Waals surface area contributed by atoms with Crippen LogP contribution >= 0.6 is 0 Å². The Morgan fingerprint density at radius 3 is 2.39 bits per heavy atom. The van der Waals surface area contributed by atoms with E-state index in [-0.39, 0.29) is 22.3 Å². The second kappa shape index (κ2) is 5.73. The van der Waals surface area contributed by atoms with Crippen molar-refractivity contribution in [3.8, 4) is 0 Å². The van der Waals surface area contributed by atoms with Crippen molar-refractivity contribution in [1.82, 2.24) is 4.90 Å². The molecule has 4 nitrogen and oxygen atoms in total. The number of likely N-dealkylation sites (tertiary alicyclic amines) is 1. The number of nitrogens with zero attached hydrogens (tertiary/aromatic N) is 1. The van der Waals surface area contributed by atoms with Crippen molar-refractivity contribution in [3.05, 3.63) is 0 Å². The molecule has 0 aromatic carbocycles. The van der Waals surface area contributed by atoms with Gasteiger partial charge in [0.2, 0.25) is 0 Å².